The summed E-state index contributed by atoms with van der Waals surface area (Å²) in [5.41, 5.74) is 6.84. The van der Waals surface area contributed by atoms with Crippen molar-refractivity contribution in [2.45, 2.75) is 19.4 Å². The monoisotopic (exact) mass is 351 g/mol. The summed E-state index contributed by atoms with van der Waals surface area (Å²) in [5, 5.41) is 2.90. The molecule has 1 unspecified atom stereocenters. The fourth-order valence-corrected chi connectivity index (χ4v) is 1.87. The fraction of sp³-hybridized carbons (Fsp3) is 0.533. The summed E-state index contributed by atoms with van der Waals surface area (Å²) in [7, 11) is 4.04. The highest BCUT2D eigenvalue weighted by molar-refractivity contribution is 5.94. The molecule has 0 bridgehead atoms. The van der Waals surface area contributed by atoms with E-state index < -0.39 is 0 Å². The molecule has 0 aliphatic rings. The van der Waals surface area contributed by atoms with E-state index in [1.165, 1.54) is 0 Å². The van der Waals surface area contributed by atoms with Crippen molar-refractivity contribution in [3.8, 4) is 0 Å². The number of carbonyl (C=O) groups excluding carboxylic acids is 1. The van der Waals surface area contributed by atoms with E-state index in [1.807, 2.05) is 21.0 Å². The van der Waals surface area contributed by atoms with Gasteiger partial charge in [0.05, 0.1) is 6.10 Å². The third kappa shape index (κ3) is 9.10. The number of nitrogens with two attached hydrogens (primary N) is 1. The number of nitrogens with one attached hydrogen (secondary N) is 1. The summed E-state index contributed by atoms with van der Waals surface area (Å²) < 4.78 is 5.64. The molecule has 22 heavy (non-hydrogen) atoms. The molecule has 128 valence electrons. The summed E-state index contributed by atoms with van der Waals surface area (Å²) >= 11 is 0. The van der Waals surface area contributed by atoms with Gasteiger partial charge in [-0.05, 0) is 45.6 Å². The van der Waals surface area contributed by atoms with Gasteiger partial charge in [0.25, 0.3) is 5.91 Å². The molecule has 0 aliphatic carbocycles. The minimum atomic E-state index is -0.119. The Morgan fingerprint density at radius 3 is 2.59 bits per heavy atom. The van der Waals surface area contributed by atoms with Gasteiger partial charge in [0.15, 0.2) is 0 Å². The Morgan fingerprint density at radius 2 is 2.05 bits per heavy atom. The first-order valence-electron chi connectivity index (χ1n) is 6.93. The predicted octanol–water partition coefficient (Wildman–Crippen LogP) is 2.20. The van der Waals surface area contributed by atoms with Gasteiger partial charge >= 0.3 is 0 Å². The molecular formula is C15H27Cl2N3O2. The highest BCUT2D eigenvalue weighted by Crippen LogP contribution is 2.06. The molecule has 0 aromatic heterocycles. The molecule has 0 saturated heterocycles. The number of nitrogen functional groups attached to an aromatic ring is 1. The molecule has 1 rings (SSSR count). The number of carbonyl (C=O) groups is 1. The molecule has 0 fully saturated rings. The van der Waals surface area contributed by atoms with Crippen molar-refractivity contribution in [3.63, 3.8) is 0 Å². The summed E-state index contributed by atoms with van der Waals surface area (Å²) in [5.74, 6) is -0.119. The van der Waals surface area contributed by atoms with Gasteiger partial charge in [-0.15, -0.1) is 24.8 Å². The first kappa shape index (κ1) is 23.3. The van der Waals surface area contributed by atoms with Crippen LogP contribution < -0.4 is 11.1 Å². The smallest absolute Gasteiger partial charge is 0.251 e. The fourth-order valence-electron chi connectivity index (χ4n) is 1.87. The van der Waals surface area contributed by atoms with E-state index >= 15 is 0 Å². The Bertz CT molecular complexity index is 431. The molecule has 1 aromatic carbocycles. The molecular weight excluding hydrogens is 325 g/mol. The minimum Gasteiger partial charge on any atom is -0.399 e. The van der Waals surface area contributed by atoms with Crippen molar-refractivity contribution in [3.05, 3.63) is 29.8 Å². The maximum absolute atomic E-state index is 12.0. The average Bonchev–Trinajstić information content (AvgIpc) is 2.41. The van der Waals surface area contributed by atoms with Crippen LogP contribution in [-0.4, -0.2) is 50.7 Å². The molecule has 0 spiro atoms. The van der Waals surface area contributed by atoms with Crippen LogP contribution in [0.5, 0.6) is 0 Å². The van der Waals surface area contributed by atoms with Crippen LogP contribution >= 0.6 is 24.8 Å². The Balaban J connectivity index is 0. The molecule has 0 saturated carbocycles. The van der Waals surface area contributed by atoms with Gasteiger partial charge in [-0.25, -0.2) is 0 Å². The Hall–Kier alpha value is -1.01. The number of amides is 1. The van der Waals surface area contributed by atoms with Gasteiger partial charge in [-0.3, -0.25) is 4.79 Å². The zero-order chi connectivity index (χ0) is 15.0. The van der Waals surface area contributed by atoms with Crippen molar-refractivity contribution < 1.29 is 9.53 Å². The lowest BCUT2D eigenvalue weighted by Gasteiger charge is -2.19. The number of anilines is 1. The maximum Gasteiger partial charge on any atom is 0.251 e. The van der Waals surface area contributed by atoms with E-state index in [-0.39, 0.29) is 36.8 Å². The van der Waals surface area contributed by atoms with E-state index in [0.717, 1.165) is 13.0 Å². The van der Waals surface area contributed by atoms with Crippen LogP contribution in [0.25, 0.3) is 0 Å². The highest BCUT2D eigenvalue weighted by atomic mass is 35.5. The van der Waals surface area contributed by atoms with Gasteiger partial charge in [0.1, 0.15) is 0 Å². The van der Waals surface area contributed by atoms with E-state index in [9.17, 15) is 4.79 Å². The van der Waals surface area contributed by atoms with Gasteiger partial charge < -0.3 is 20.7 Å². The van der Waals surface area contributed by atoms with Crippen molar-refractivity contribution >= 4 is 36.4 Å². The Kier molecular flexibility index (Phi) is 13.2. The lowest BCUT2D eigenvalue weighted by molar-refractivity contribution is 0.0496. The molecule has 0 heterocycles. The van der Waals surface area contributed by atoms with Crippen molar-refractivity contribution in [1.29, 1.82) is 0 Å². The van der Waals surface area contributed by atoms with Gasteiger partial charge in [-0.2, -0.15) is 0 Å². The molecule has 0 aliphatic heterocycles. The minimum absolute atomic E-state index is 0. The third-order valence-corrected chi connectivity index (χ3v) is 2.94. The SMILES string of the molecule is CCOC(CCN(C)C)CNC(=O)c1cccc(N)c1.Cl.Cl. The molecule has 0 radical (unpaired) electrons. The average molecular weight is 352 g/mol. The van der Waals surface area contributed by atoms with Gasteiger partial charge in [-0.1, -0.05) is 6.07 Å². The highest BCUT2D eigenvalue weighted by Gasteiger charge is 2.12. The number of halogens is 2. The summed E-state index contributed by atoms with van der Waals surface area (Å²) in [6.45, 7) is 4.04. The van der Waals surface area contributed by atoms with Crippen LogP contribution in [0.1, 0.15) is 23.7 Å². The number of nitrogens with zero attached hydrogens (tertiary/aromatic N) is 1. The Labute approximate surface area is 145 Å². The normalized spacial score (nSPS) is 11.3. The lowest BCUT2D eigenvalue weighted by atomic mass is 10.2. The van der Waals surface area contributed by atoms with Crippen LogP contribution in [0.15, 0.2) is 24.3 Å². The number of hydrogen-bond acceptors (Lipinski definition) is 4. The van der Waals surface area contributed by atoms with Crippen LogP contribution in [-0.2, 0) is 4.74 Å². The second-order valence-electron chi connectivity index (χ2n) is 5.00. The van der Waals surface area contributed by atoms with Crippen molar-refractivity contribution in [2.75, 3.05) is 39.5 Å². The van der Waals surface area contributed by atoms with E-state index in [2.05, 4.69) is 10.2 Å². The first-order valence-corrected chi connectivity index (χ1v) is 6.93. The third-order valence-electron chi connectivity index (χ3n) is 2.94. The predicted molar refractivity (Wildman–Crippen MR) is 96.3 cm³/mol. The topological polar surface area (TPSA) is 67.6 Å². The van der Waals surface area contributed by atoms with Crippen molar-refractivity contribution in [2.24, 2.45) is 0 Å². The van der Waals surface area contributed by atoms with Gasteiger partial charge in [0.2, 0.25) is 0 Å². The summed E-state index contributed by atoms with van der Waals surface area (Å²) in [4.78, 5) is 14.1. The van der Waals surface area contributed by atoms with Gasteiger partial charge in [0, 0.05) is 30.9 Å². The quantitative estimate of drug-likeness (QED) is 0.704. The largest absolute Gasteiger partial charge is 0.399 e. The van der Waals surface area contributed by atoms with Crippen LogP contribution in [0.3, 0.4) is 0 Å². The van der Waals surface area contributed by atoms with E-state index in [1.54, 1.807) is 24.3 Å². The second kappa shape index (κ2) is 12.5. The summed E-state index contributed by atoms with van der Waals surface area (Å²) in [6, 6.07) is 6.96. The molecule has 1 amide bonds. The van der Waals surface area contributed by atoms with Crippen LogP contribution in [0, 0.1) is 0 Å². The number of rotatable bonds is 8. The van der Waals surface area contributed by atoms with Crippen molar-refractivity contribution in [1.82, 2.24) is 10.2 Å². The molecule has 7 heteroatoms. The van der Waals surface area contributed by atoms with E-state index in [4.69, 9.17) is 10.5 Å². The zero-order valence-electron chi connectivity index (χ0n) is 13.4. The standard InChI is InChI=1S/C15H25N3O2.2ClH/c1-4-20-14(8-9-18(2)3)11-17-15(19)12-6-5-7-13(16)10-12;;/h5-7,10,14H,4,8-9,11,16H2,1-3H3,(H,17,19);2*1H. The van der Waals surface area contributed by atoms with E-state index in [0.29, 0.717) is 24.4 Å². The molecule has 3 N–H and O–H groups in total. The van der Waals surface area contributed by atoms with Crippen LogP contribution in [0.4, 0.5) is 5.69 Å². The first-order chi connectivity index (χ1) is 9.52. The van der Waals surface area contributed by atoms with Crippen LogP contribution in [0.2, 0.25) is 0 Å². The molecule has 1 atom stereocenters. The number of benzene rings is 1. The Morgan fingerprint density at radius 1 is 1.36 bits per heavy atom. The maximum atomic E-state index is 12.0. The molecule has 5 nitrogen and oxygen atoms in total. The molecule has 1 aromatic rings. The number of hydrogen-bond donors (Lipinski definition) is 2. The lowest BCUT2D eigenvalue weighted by Crippen LogP contribution is -2.35. The second-order valence-corrected chi connectivity index (χ2v) is 5.00. The zero-order valence-corrected chi connectivity index (χ0v) is 15.0. The number of ether oxygens (including phenoxy) is 1. The summed E-state index contributed by atoms with van der Waals surface area (Å²) in [6.07, 6.45) is 0.922.